The van der Waals surface area contributed by atoms with Crippen molar-refractivity contribution in [1.29, 1.82) is 0 Å². The molecule has 8 nitrogen and oxygen atoms in total. The fourth-order valence-electron chi connectivity index (χ4n) is 2.29. The summed E-state index contributed by atoms with van der Waals surface area (Å²) in [4.78, 5) is 6.39. The quantitative estimate of drug-likeness (QED) is 0.431. The number of morpholine rings is 1. The van der Waals surface area contributed by atoms with Crippen LogP contribution < -0.4 is 10.5 Å². The molecule has 1 aromatic heterocycles. The van der Waals surface area contributed by atoms with Crippen molar-refractivity contribution in [3.63, 3.8) is 0 Å². The van der Waals surface area contributed by atoms with Gasteiger partial charge in [0.25, 0.3) is 0 Å². The van der Waals surface area contributed by atoms with Gasteiger partial charge in [0, 0.05) is 13.1 Å². The molecule has 2 N–H and O–H groups in total. The van der Waals surface area contributed by atoms with E-state index >= 15 is 0 Å². The highest BCUT2D eigenvalue weighted by Crippen LogP contribution is 2.14. The average molecular weight is 444 g/mol. The van der Waals surface area contributed by atoms with Crippen LogP contribution in [-0.2, 0) is 11.3 Å². The Morgan fingerprint density at radius 2 is 2.00 bits per heavy atom. The first-order valence-electron chi connectivity index (χ1n) is 7.44. The van der Waals surface area contributed by atoms with Crippen LogP contribution in [0.5, 0.6) is 5.75 Å². The first-order valence-corrected chi connectivity index (χ1v) is 7.44. The molecular formula is C15H21IN6O2. The van der Waals surface area contributed by atoms with E-state index in [0.717, 1.165) is 30.2 Å². The first-order chi connectivity index (χ1) is 11.3. The number of nitrogens with zero attached hydrogens (tertiary/aromatic N) is 5. The van der Waals surface area contributed by atoms with E-state index in [-0.39, 0.29) is 24.0 Å². The Morgan fingerprint density at radius 3 is 2.67 bits per heavy atom. The topological polar surface area (TPSA) is 90.8 Å². The number of benzene rings is 1. The van der Waals surface area contributed by atoms with E-state index in [9.17, 15) is 0 Å². The second-order valence-corrected chi connectivity index (χ2v) is 5.13. The molecule has 0 spiro atoms. The Kier molecular flexibility index (Phi) is 6.79. The Balaban J connectivity index is 0.00000208. The Labute approximate surface area is 157 Å². The van der Waals surface area contributed by atoms with Crippen LogP contribution in [0.1, 0.15) is 5.69 Å². The van der Waals surface area contributed by atoms with Gasteiger partial charge in [-0.05, 0) is 24.3 Å². The largest absolute Gasteiger partial charge is 0.497 e. The summed E-state index contributed by atoms with van der Waals surface area (Å²) in [6.45, 7) is 3.31. The summed E-state index contributed by atoms with van der Waals surface area (Å²) in [6.07, 6.45) is 1.85. The monoisotopic (exact) mass is 444 g/mol. The second-order valence-electron chi connectivity index (χ2n) is 5.13. The molecule has 130 valence electrons. The Morgan fingerprint density at radius 1 is 1.29 bits per heavy atom. The van der Waals surface area contributed by atoms with Crippen LogP contribution in [-0.4, -0.2) is 59.3 Å². The molecule has 0 atom stereocenters. The summed E-state index contributed by atoms with van der Waals surface area (Å²) in [7, 11) is 1.64. The number of hydrogen-bond acceptors (Lipinski definition) is 5. The molecule has 3 rings (SSSR count). The lowest BCUT2D eigenvalue weighted by Crippen LogP contribution is -2.44. The molecule has 1 aromatic carbocycles. The smallest absolute Gasteiger partial charge is 0.191 e. The highest BCUT2D eigenvalue weighted by atomic mass is 127. The van der Waals surface area contributed by atoms with E-state index < -0.39 is 0 Å². The Hall–Kier alpha value is -1.88. The summed E-state index contributed by atoms with van der Waals surface area (Å²) in [5, 5.41) is 8.24. The molecule has 2 aromatic rings. The minimum Gasteiger partial charge on any atom is -0.497 e. The van der Waals surface area contributed by atoms with Crippen LogP contribution in [0.4, 0.5) is 0 Å². The number of ether oxygens (including phenoxy) is 2. The van der Waals surface area contributed by atoms with E-state index in [0.29, 0.717) is 25.7 Å². The molecule has 1 fully saturated rings. The van der Waals surface area contributed by atoms with Gasteiger partial charge < -0.3 is 20.1 Å². The van der Waals surface area contributed by atoms with Gasteiger partial charge in [-0.15, -0.1) is 29.1 Å². The molecule has 0 bridgehead atoms. The van der Waals surface area contributed by atoms with Crippen LogP contribution in [0.3, 0.4) is 0 Å². The van der Waals surface area contributed by atoms with E-state index in [4.69, 9.17) is 15.2 Å². The zero-order chi connectivity index (χ0) is 16.1. The van der Waals surface area contributed by atoms with Crippen LogP contribution in [0.2, 0.25) is 0 Å². The lowest BCUT2D eigenvalue weighted by Gasteiger charge is -2.27. The van der Waals surface area contributed by atoms with Crippen molar-refractivity contribution in [3.05, 3.63) is 36.2 Å². The zero-order valence-electron chi connectivity index (χ0n) is 13.5. The zero-order valence-corrected chi connectivity index (χ0v) is 15.8. The number of aromatic nitrogens is 3. The highest BCUT2D eigenvalue weighted by molar-refractivity contribution is 14.0. The molecule has 1 saturated heterocycles. The van der Waals surface area contributed by atoms with Crippen LogP contribution in [0, 0.1) is 0 Å². The molecule has 0 radical (unpaired) electrons. The van der Waals surface area contributed by atoms with E-state index in [1.165, 1.54) is 0 Å². The summed E-state index contributed by atoms with van der Waals surface area (Å²) in [6, 6.07) is 7.60. The minimum absolute atomic E-state index is 0. The summed E-state index contributed by atoms with van der Waals surface area (Å²) in [5.74, 6) is 1.32. The van der Waals surface area contributed by atoms with Crippen molar-refractivity contribution < 1.29 is 9.47 Å². The van der Waals surface area contributed by atoms with Crippen molar-refractivity contribution in [2.24, 2.45) is 10.7 Å². The van der Waals surface area contributed by atoms with Crippen molar-refractivity contribution in [2.75, 3.05) is 33.4 Å². The van der Waals surface area contributed by atoms with Crippen LogP contribution in [0.25, 0.3) is 5.69 Å². The number of nitrogens with two attached hydrogens (primary N) is 1. The third-order valence-corrected chi connectivity index (χ3v) is 3.62. The molecule has 2 heterocycles. The number of guanidine groups is 1. The summed E-state index contributed by atoms with van der Waals surface area (Å²) >= 11 is 0. The van der Waals surface area contributed by atoms with Gasteiger partial charge in [-0.1, -0.05) is 5.21 Å². The molecule has 0 unspecified atom stereocenters. The van der Waals surface area contributed by atoms with Gasteiger partial charge in [0.05, 0.1) is 38.8 Å². The van der Waals surface area contributed by atoms with E-state index in [1.807, 2.05) is 35.4 Å². The fraction of sp³-hybridized carbons (Fsp3) is 0.400. The lowest BCUT2D eigenvalue weighted by molar-refractivity contribution is 0.0674. The average Bonchev–Trinajstić information content (AvgIpc) is 3.09. The second kappa shape index (κ2) is 8.83. The standard InChI is InChI=1S/C15H20N6O2.HI/c1-22-14-4-2-13(3-5-14)21-11-12(18-19-21)10-17-15(16)20-6-8-23-9-7-20;/h2-5,11H,6-10H2,1H3,(H2,16,17);1H. The van der Waals surface area contributed by atoms with Crippen LogP contribution >= 0.6 is 24.0 Å². The van der Waals surface area contributed by atoms with E-state index in [2.05, 4.69) is 15.3 Å². The molecule has 9 heteroatoms. The minimum atomic E-state index is 0. The third-order valence-electron chi connectivity index (χ3n) is 3.62. The van der Waals surface area contributed by atoms with Gasteiger partial charge in [0.1, 0.15) is 11.4 Å². The highest BCUT2D eigenvalue weighted by Gasteiger charge is 2.12. The number of halogens is 1. The maximum absolute atomic E-state index is 6.00. The predicted molar refractivity (Wildman–Crippen MR) is 101 cm³/mol. The molecule has 1 aliphatic heterocycles. The number of aliphatic imine (C=N–C) groups is 1. The van der Waals surface area contributed by atoms with Gasteiger partial charge in [0.2, 0.25) is 0 Å². The van der Waals surface area contributed by atoms with Gasteiger partial charge in [-0.2, -0.15) is 0 Å². The summed E-state index contributed by atoms with van der Waals surface area (Å²) in [5.41, 5.74) is 7.67. The molecule has 24 heavy (non-hydrogen) atoms. The molecular weight excluding hydrogens is 423 g/mol. The molecule has 0 aliphatic carbocycles. The number of rotatable bonds is 4. The number of hydrogen-bond donors (Lipinski definition) is 1. The van der Waals surface area contributed by atoms with Gasteiger partial charge in [-0.3, -0.25) is 0 Å². The maximum Gasteiger partial charge on any atom is 0.191 e. The molecule has 0 saturated carbocycles. The summed E-state index contributed by atoms with van der Waals surface area (Å²) < 4.78 is 12.1. The van der Waals surface area contributed by atoms with Crippen molar-refractivity contribution in [1.82, 2.24) is 19.9 Å². The van der Waals surface area contributed by atoms with Gasteiger partial charge in [0.15, 0.2) is 5.96 Å². The predicted octanol–water partition coefficient (Wildman–Crippen LogP) is 1.04. The first kappa shape index (κ1) is 18.5. The third kappa shape index (κ3) is 4.57. The lowest BCUT2D eigenvalue weighted by atomic mass is 10.3. The SMILES string of the molecule is COc1ccc(-n2cc(CN=C(N)N3CCOCC3)nn2)cc1.I. The van der Waals surface area contributed by atoms with Crippen LogP contribution in [0.15, 0.2) is 35.5 Å². The van der Waals surface area contributed by atoms with E-state index in [1.54, 1.807) is 11.8 Å². The van der Waals surface area contributed by atoms with Crippen molar-refractivity contribution in [2.45, 2.75) is 6.54 Å². The van der Waals surface area contributed by atoms with Gasteiger partial charge in [-0.25, -0.2) is 9.67 Å². The fourth-order valence-corrected chi connectivity index (χ4v) is 2.29. The van der Waals surface area contributed by atoms with Crippen molar-refractivity contribution >= 4 is 29.9 Å². The Bertz CT molecular complexity index is 667. The van der Waals surface area contributed by atoms with Crippen molar-refractivity contribution in [3.8, 4) is 11.4 Å². The number of methoxy groups -OCH3 is 1. The normalized spacial score (nSPS) is 15.0. The van der Waals surface area contributed by atoms with Gasteiger partial charge >= 0.3 is 0 Å². The molecule has 0 amide bonds. The maximum atomic E-state index is 6.00. The molecule has 1 aliphatic rings.